The number of urea groups is 1. The smallest absolute Gasteiger partial charge is 0.317 e. The summed E-state index contributed by atoms with van der Waals surface area (Å²) in [7, 11) is 1.58. The van der Waals surface area contributed by atoms with Crippen molar-refractivity contribution in [2.45, 2.75) is 56.5 Å². The van der Waals surface area contributed by atoms with E-state index in [1.807, 2.05) is 35.2 Å². The molecule has 2 saturated heterocycles. The van der Waals surface area contributed by atoms with Crippen LogP contribution in [0.4, 0.5) is 10.5 Å². The Morgan fingerprint density at radius 3 is 2.47 bits per heavy atom. The van der Waals surface area contributed by atoms with Crippen molar-refractivity contribution in [3.63, 3.8) is 0 Å². The van der Waals surface area contributed by atoms with E-state index in [1.54, 1.807) is 12.0 Å². The summed E-state index contributed by atoms with van der Waals surface area (Å²) in [4.78, 5) is 44.6. The van der Waals surface area contributed by atoms with Crippen molar-refractivity contribution < 1.29 is 19.1 Å². The first kappa shape index (κ1) is 24.3. The van der Waals surface area contributed by atoms with Gasteiger partial charge in [0.1, 0.15) is 12.1 Å². The van der Waals surface area contributed by atoms with Crippen molar-refractivity contribution >= 4 is 23.5 Å². The van der Waals surface area contributed by atoms with E-state index in [2.05, 4.69) is 15.5 Å². The van der Waals surface area contributed by atoms with Crippen molar-refractivity contribution in [1.82, 2.24) is 20.4 Å². The highest BCUT2D eigenvalue weighted by atomic mass is 16.5. The van der Waals surface area contributed by atoms with Gasteiger partial charge in [0.25, 0.3) is 5.91 Å². The summed E-state index contributed by atoms with van der Waals surface area (Å²) in [6, 6.07) is 10.1. The summed E-state index contributed by atoms with van der Waals surface area (Å²) in [5.74, 6) is -0.231. The van der Waals surface area contributed by atoms with E-state index in [1.165, 1.54) is 19.3 Å². The van der Waals surface area contributed by atoms with Gasteiger partial charge in [-0.2, -0.15) is 0 Å². The lowest BCUT2D eigenvalue weighted by Crippen LogP contribution is -2.59. The molecule has 2 heterocycles. The maximum absolute atomic E-state index is 13.7. The molecule has 0 radical (unpaired) electrons. The van der Waals surface area contributed by atoms with Gasteiger partial charge >= 0.3 is 6.03 Å². The lowest BCUT2D eigenvalue weighted by molar-refractivity contribution is -0.137. The van der Waals surface area contributed by atoms with E-state index in [9.17, 15) is 14.4 Å². The molecule has 3 fully saturated rings. The van der Waals surface area contributed by atoms with Crippen LogP contribution in [0.5, 0.6) is 0 Å². The lowest BCUT2D eigenvalue weighted by Gasteiger charge is -2.43. The number of likely N-dealkylation sites (tertiary alicyclic amines) is 1. The molecule has 0 unspecified atom stereocenters. The Morgan fingerprint density at radius 2 is 1.79 bits per heavy atom. The molecule has 2 aliphatic heterocycles. The van der Waals surface area contributed by atoms with E-state index in [-0.39, 0.29) is 30.4 Å². The lowest BCUT2D eigenvalue weighted by atomic mass is 9.85. The van der Waals surface area contributed by atoms with Crippen molar-refractivity contribution in [3.8, 4) is 0 Å². The molecule has 0 atom stereocenters. The van der Waals surface area contributed by atoms with Gasteiger partial charge in [-0.15, -0.1) is 0 Å². The van der Waals surface area contributed by atoms with E-state index in [0.717, 1.165) is 18.5 Å². The zero-order chi connectivity index (χ0) is 24.0. The second-order valence-electron chi connectivity index (χ2n) is 9.55. The third-order valence-corrected chi connectivity index (χ3v) is 7.36. The van der Waals surface area contributed by atoms with Crippen LogP contribution in [0.1, 0.15) is 44.9 Å². The average molecular weight is 472 g/mol. The number of benzene rings is 1. The van der Waals surface area contributed by atoms with Crippen molar-refractivity contribution in [1.29, 1.82) is 0 Å². The molecular weight excluding hydrogens is 434 g/mol. The number of para-hydroxylation sites is 1. The Bertz CT molecular complexity index is 850. The second kappa shape index (κ2) is 11.1. The van der Waals surface area contributed by atoms with Crippen LogP contribution in [-0.4, -0.2) is 85.8 Å². The fourth-order valence-corrected chi connectivity index (χ4v) is 5.44. The minimum Gasteiger partial charge on any atom is -0.383 e. The van der Waals surface area contributed by atoms with Gasteiger partial charge in [-0.25, -0.2) is 4.79 Å². The number of carbonyl (C=O) groups excluding carboxylic acids is 3. The predicted octanol–water partition coefficient (Wildman–Crippen LogP) is 1.93. The Hall–Kier alpha value is -2.81. The Kier molecular flexibility index (Phi) is 7.92. The molecule has 1 spiro atoms. The first-order valence-corrected chi connectivity index (χ1v) is 12.5. The molecule has 9 heteroatoms. The van der Waals surface area contributed by atoms with Gasteiger partial charge < -0.3 is 30.1 Å². The molecule has 0 aromatic heterocycles. The van der Waals surface area contributed by atoms with Crippen LogP contribution in [-0.2, 0) is 14.3 Å². The number of ether oxygens (including phenoxy) is 1. The van der Waals surface area contributed by atoms with E-state index in [4.69, 9.17) is 4.74 Å². The van der Waals surface area contributed by atoms with Crippen LogP contribution in [0.25, 0.3) is 0 Å². The number of rotatable bonds is 7. The summed E-state index contributed by atoms with van der Waals surface area (Å²) in [5.41, 5.74) is 0.216. The molecule has 4 rings (SSSR count). The summed E-state index contributed by atoms with van der Waals surface area (Å²) in [6.07, 6.45) is 6.77. The quantitative estimate of drug-likeness (QED) is 0.593. The fourth-order valence-electron chi connectivity index (χ4n) is 5.44. The molecule has 0 bridgehead atoms. The predicted molar refractivity (Wildman–Crippen MR) is 129 cm³/mol. The number of amides is 4. The first-order chi connectivity index (χ1) is 16.5. The minimum atomic E-state index is -0.740. The van der Waals surface area contributed by atoms with Gasteiger partial charge in [0.05, 0.1) is 13.3 Å². The number of piperidine rings is 1. The van der Waals surface area contributed by atoms with Crippen LogP contribution in [0.2, 0.25) is 0 Å². The van der Waals surface area contributed by atoms with Gasteiger partial charge in [0, 0.05) is 38.5 Å². The third-order valence-electron chi connectivity index (χ3n) is 7.36. The SMILES string of the molecule is COCCNC(=O)CN1CN(c2ccccc2)C2(CCN(C(=O)NC3CCCCC3)CC2)C1=O. The molecule has 1 aliphatic carbocycles. The van der Waals surface area contributed by atoms with Gasteiger partial charge in [0.15, 0.2) is 0 Å². The number of anilines is 1. The topological polar surface area (TPSA) is 94.2 Å². The number of nitrogens with one attached hydrogen (secondary N) is 2. The van der Waals surface area contributed by atoms with Crippen molar-refractivity contribution in [2.24, 2.45) is 0 Å². The molecule has 1 saturated carbocycles. The van der Waals surface area contributed by atoms with Gasteiger partial charge in [-0.3, -0.25) is 9.59 Å². The van der Waals surface area contributed by atoms with Crippen LogP contribution in [0, 0.1) is 0 Å². The summed E-state index contributed by atoms with van der Waals surface area (Å²) in [5, 5.41) is 6.00. The molecule has 34 heavy (non-hydrogen) atoms. The third kappa shape index (κ3) is 5.29. The van der Waals surface area contributed by atoms with Crippen LogP contribution >= 0.6 is 0 Å². The first-order valence-electron chi connectivity index (χ1n) is 12.5. The minimum absolute atomic E-state index is 0.0134. The summed E-state index contributed by atoms with van der Waals surface area (Å²) < 4.78 is 4.98. The number of carbonyl (C=O) groups is 3. The van der Waals surface area contributed by atoms with Crippen molar-refractivity contribution in [3.05, 3.63) is 30.3 Å². The number of methoxy groups -OCH3 is 1. The second-order valence-corrected chi connectivity index (χ2v) is 9.55. The highest BCUT2D eigenvalue weighted by Gasteiger charge is 2.54. The van der Waals surface area contributed by atoms with E-state index < -0.39 is 5.54 Å². The normalized spacial score (nSPS) is 20.6. The Balaban J connectivity index is 1.44. The van der Waals surface area contributed by atoms with Gasteiger partial charge in [-0.05, 0) is 37.8 Å². The number of nitrogens with zero attached hydrogens (tertiary/aromatic N) is 3. The van der Waals surface area contributed by atoms with E-state index >= 15 is 0 Å². The van der Waals surface area contributed by atoms with Gasteiger partial charge in [0.2, 0.25) is 5.91 Å². The zero-order valence-electron chi connectivity index (χ0n) is 20.1. The van der Waals surface area contributed by atoms with Crippen LogP contribution < -0.4 is 15.5 Å². The van der Waals surface area contributed by atoms with Crippen LogP contribution in [0.3, 0.4) is 0 Å². The van der Waals surface area contributed by atoms with Gasteiger partial charge in [-0.1, -0.05) is 37.5 Å². The van der Waals surface area contributed by atoms with E-state index in [0.29, 0.717) is 45.8 Å². The molecule has 9 nitrogen and oxygen atoms in total. The summed E-state index contributed by atoms with van der Waals surface area (Å²) >= 11 is 0. The standard InChI is InChI=1S/C25H37N5O4/c1-34-17-14-26-22(31)18-29-19-30(21-10-6-3-7-11-21)25(23(29)32)12-15-28(16-13-25)24(33)27-20-8-4-2-5-9-20/h3,6-7,10-11,20H,2,4-5,8-9,12-19H2,1H3,(H,26,31)(H,27,33). The molecule has 1 aromatic rings. The zero-order valence-corrected chi connectivity index (χ0v) is 20.1. The highest BCUT2D eigenvalue weighted by molar-refractivity contribution is 5.96. The molecule has 2 N–H and O–H groups in total. The van der Waals surface area contributed by atoms with Crippen LogP contribution in [0.15, 0.2) is 30.3 Å². The average Bonchev–Trinajstić information content (AvgIpc) is 3.12. The largest absolute Gasteiger partial charge is 0.383 e. The maximum atomic E-state index is 13.7. The molecular formula is C25H37N5O4. The summed E-state index contributed by atoms with van der Waals surface area (Å²) in [6.45, 7) is 2.24. The fraction of sp³-hybridized carbons (Fsp3) is 0.640. The Labute approximate surface area is 201 Å². The number of hydrogen-bond acceptors (Lipinski definition) is 5. The molecule has 1 aromatic carbocycles. The molecule has 3 aliphatic rings. The molecule has 186 valence electrons. The van der Waals surface area contributed by atoms with Crippen molar-refractivity contribution in [2.75, 3.05) is 51.5 Å². The number of hydrogen-bond donors (Lipinski definition) is 2. The Morgan fingerprint density at radius 1 is 1.09 bits per heavy atom. The highest BCUT2D eigenvalue weighted by Crippen LogP contribution is 2.39. The molecule has 4 amide bonds. The maximum Gasteiger partial charge on any atom is 0.317 e. The monoisotopic (exact) mass is 471 g/mol.